The summed E-state index contributed by atoms with van der Waals surface area (Å²) >= 11 is 0. The Bertz CT molecular complexity index is 61.1. The number of hydrogen-bond donors (Lipinski definition) is 1. The van der Waals surface area contributed by atoms with Crippen LogP contribution in [0.4, 0.5) is 0 Å². The van der Waals surface area contributed by atoms with Crippen LogP contribution in [0.3, 0.4) is 0 Å². The van der Waals surface area contributed by atoms with E-state index in [1.54, 1.807) is 0 Å². The molecule has 7 heavy (non-hydrogen) atoms. The van der Waals surface area contributed by atoms with Gasteiger partial charge in [0.25, 0.3) is 0 Å². The minimum atomic E-state index is 0.0173. The summed E-state index contributed by atoms with van der Waals surface area (Å²) in [4.78, 5) is 10.1. The Balaban J connectivity index is 2.82. The summed E-state index contributed by atoms with van der Waals surface area (Å²) in [5.74, 6) is 0.0173. The zero-order valence-corrected chi connectivity index (χ0v) is 4.53. The maximum atomic E-state index is 10.1. The third kappa shape index (κ3) is 5.47. The molecule has 0 saturated heterocycles. The smallest absolute Gasteiger partial charge is 0.216 e. The number of carbonyl (C=O) groups excluding carboxylic acids is 1. The van der Waals surface area contributed by atoms with Crippen LogP contribution in [-0.2, 0) is 4.79 Å². The van der Waals surface area contributed by atoms with Gasteiger partial charge in [0.05, 0.1) is 0 Å². The maximum absolute atomic E-state index is 10.1. The maximum Gasteiger partial charge on any atom is 0.216 e. The Hall–Kier alpha value is -0.530. The van der Waals surface area contributed by atoms with E-state index in [4.69, 9.17) is 0 Å². The summed E-state index contributed by atoms with van der Waals surface area (Å²) in [6.45, 7) is 5.73. The summed E-state index contributed by atoms with van der Waals surface area (Å²) in [5, 5.41) is 2.59. The van der Waals surface area contributed by atoms with Gasteiger partial charge in [0.2, 0.25) is 5.91 Å². The van der Waals surface area contributed by atoms with Crippen molar-refractivity contribution in [1.82, 2.24) is 5.32 Å². The molecule has 0 spiro atoms. The van der Waals surface area contributed by atoms with E-state index in [2.05, 4.69) is 12.2 Å². The van der Waals surface area contributed by atoms with Gasteiger partial charge >= 0.3 is 0 Å². The molecule has 1 radical (unpaired) electrons. The molecule has 0 aliphatic heterocycles. The van der Waals surface area contributed by atoms with Crippen LogP contribution in [0, 0.1) is 6.92 Å². The topological polar surface area (TPSA) is 29.1 Å². The van der Waals surface area contributed by atoms with Crippen LogP contribution in [0.15, 0.2) is 0 Å². The first-order chi connectivity index (χ1) is 3.27. The predicted molar refractivity (Wildman–Crippen MR) is 28.7 cm³/mol. The highest BCUT2D eigenvalue weighted by atomic mass is 16.1. The van der Waals surface area contributed by atoms with Crippen LogP contribution < -0.4 is 5.32 Å². The summed E-state index contributed by atoms with van der Waals surface area (Å²) in [6.07, 6.45) is 0.763. The van der Waals surface area contributed by atoms with Crippen molar-refractivity contribution in [1.29, 1.82) is 0 Å². The van der Waals surface area contributed by atoms with Gasteiger partial charge in [0.1, 0.15) is 0 Å². The van der Waals surface area contributed by atoms with E-state index in [0.717, 1.165) is 6.42 Å². The van der Waals surface area contributed by atoms with Crippen LogP contribution in [0.25, 0.3) is 0 Å². The van der Waals surface area contributed by atoms with Crippen molar-refractivity contribution in [3.8, 4) is 0 Å². The molecule has 41 valence electrons. The highest BCUT2D eigenvalue weighted by molar-refractivity contribution is 5.72. The molecule has 1 N–H and O–H groups in total. The van der Waals surface area contributed by atoms with Crippen molar-refractivity contribution in [3.63, 3.8) is 0 Å². The molecule has 2 heteroatoms. The largest absolute Gasteiger partial charge is 0.356 e. The molecule has 0 rings (SSSR count). The predicted octanol–water partition coefficient (Wildman–Crippen LogP) is 0.347. The van der Waals surface area contributed by atoms with Crippen LogP contribution >= 0.6 is 0 Å². The first-order valence-corrected chi connectivity index (χ1v) is 2.31. The summed E-state index contributed by atoms with van der Waals surface area (Å²) in [7, 11) is 0. The number of rotatable bonds is 2. The zero-order valence-electron chi connectivity index (χ0n) is 4.53. The van der Waals surface area contributed by atoms with E-state index >= 15 is 0 Å². The molecule has 0 aromatic rings. The average molecular weight is 100 g/mol. The molecule has 0 bridgehead atoms. The summed E-state index contributed by atoms with van der Waals surface area (Å²) in [6, 6.07) is 0. The SMILES string of the molecule is [CH2]CCNC(C)=O. The minimum absolute atomic E-state index is 0.0173. The molecule has 0 atom stereocenters. The van der Waals surface area contributed by atoms with Crippen LogP contribution in [0.1, 0.15) is 13.3 Å². The number of nitrogens with one attached hydrogen (secondary N) is 1. The lowest BCUT2D eigenvalue weighted by molar-refractivity contribution is -0.118. The van der Waals surface area contributed by atoms with Crippen molar-refractivity contribution in [2.24, 2.45) is 0 Å². The normalized spacial score (nSPS) is 8.29. The molecule has 0 heterocycles. The van der Waals surface area contributed by atoms with Crippen LogP contribution in [-0.4, -0.2) is 12.5 Å². The van der Waals surface area contributed by atoms with E-state index in [9.17, 15) is 4.79 Å². The molecule has 0 unspecified atom stereocenters. The van der Waals surface area contributed by atoms with Crippen molar-refractivity contribution in [2.75, 3.05) is 6.54 Å². The number of amides is 1. The molecule has 1 amide bonds. The second-order valence-electron chi connectivity index (χ2n) is 1.34. The monoisotopic (exact) mass is 100 g/mol. The first-order valence-electron chi connectivity index (χ1n) is 2.31. The summed E-state index contributed by atoms with van der Waals surface area (Å²) < 4.78 is 0. The molecular formula is C5H10NO. The van der Waals surface area contributed by atoms with Gasteiger partial charge in [0, 0.05) is 13.5 Å². The molecule has 2 nitrogen and oxygen atoms in total. The molecular weight excluding hydrogens is 90.1 g/mol. The standard InChI is InChI=1S/C5H10NO/c1-3-4-6-5(2)7/h1,3-4H2,2H3,(H,6,7). The highest BCUT2D eigenvalue weighted by Gasteiger charge is 1.83. The second-order valence-corrected chi connectivity index (χ2v) is 1.34. The Kier molecular flexibility index (Phi) is 3.38. The third-order valence-electron chi connectivity index (χ3n) is 0.551. The Morgan fingerprint density at radius 2 is 2.43 bits per heavy atom. The lowest BCUT2D eigenvalue weighted by atomic mass is 10.5. The molecule has 0 fully saturated rings. The zero-order chi connectivity index (χ0) is 5.70. The Morgan fingerprint density at radius 3 is 2.57 bits per heavy atom. The van der Waals surface area contributed by atoms with Gasteiger partial charge in [-0.15, -0.1) is 0 Å². The average Bonchev–Trinajstić information content (AvgIpc) is 1.61. The van der Waals surface area contributed by atoms with E-state index in [0.29, 0.717) is 6.54 Å². The fraction of sp³-hybridized carbons (Fsp3) is 0.600. The quantitative estimate of drug-likeness (QED) is 0.533. The second kappa shape index (κ2) is 3.65. The summed E-state index contributed by atoms with van der Waals surface area (Å²) in [5.41, 5.74) is 0. The van der Waals surface area contributed by atoms with Gasteiger partial charge in [-0.3, -0.25) is 4.79 Å². The highest BCUT2D eigenvalue weighted by Crippen LogP contribution is 1.66. The molecule has 0 aromatic heterocycles. The van der Waals surface area contributed by atoms with Crippen LogP contribution in [0.2, 0.25) is 0 Å². The van der Waals surface area contributed by atoms with Crippen molar-refractivity contribution in [2.45, 2.75) is 13.3 Å². The fourth-order valence-corrected chi connectivity index (χ4v) is 0.264. The van der Waals surface area contributed by atoms with Gasteiger partial charge in [0.15, 0.2) is 0 Å². The minimum Gasteiger partial charge on any atom is -0.356 e. The first kappa shape index (κ1) is 6.47. The van der Waals surface area contributed by atoms with E-state index in [-0.39, 0.29) is 5.91 Å². The molecule has 0 aromatic carbocycles. The Morgan fingerprint density at radius 1 is 1.86 bits per heavy atom. The third-order valence-corrected chi connectivity index (χ3v) is 0.551. The molecule has 0 aliphatic rings. The molecule has 0 saturated carbocycles. The lowest BCUT2D eigenvalue weighted by Gasteiger charge is -1.93. The van der Waals surface area contributed by atoms with Gasteiger partial charge < -0.3 is 5.32 Å². The van der Waals surface area contributed by atoms with E-state index in [1.165, 1.54) is 6.92 Å². The van der Waals surface area contributed by atoms with Gasteiger partial charge in [-0.25, -0.2) is 0 Å². The van der Waals surface area contributed by atoms with Gasteiger partial charge in [-0.2, -0.15) is 0 Å². The van der Waals surface area contributed by atoms with Gasteiger partial charge in [-0.05, 0) is 6.42 Å². The lowest BCUT2D eigenvalue weighted by Crippen LogP contribution is -2.19. The van der Waals surface area contributed by atoms with E-state index in [1.807, 2.05) is 0 Å². The Labute approximate surface area is 43.9 Å². The fourth-order valence-electron chi connectivity index (χ4n) is 0.264. The van der Waals surface area contributed by atoms with Gasteiger partial charge in [-0.1, -0.05) is 6.92 Å². The van der Waals surface area contributed by atoms with Crippen LogP contribution in [0.5, 0.6) is 0 Å². The van der Waals surface area contributed by atoms with Crippen molar-refractivity contribution < 1.29 is 4.79 Å². The number of carbonyl (C=O) groups is 1. The van der Waals surface area contributed by atoms with Crippen molar-refractivity contribution >= 4 is 5.91 Å². The van der Waals surface area contributed by atoms with Crippen molar-refractivity contribution in [3.05, 3.63) is 6.92 Å². The van der Waals surface area contributed by atoms with E-state index < -0.39 is 0 Å². The number of hydrogen-bond acceptors (Lipinski definition) is 1. The molecule has 0 aliphatic carbocycles.